The molecule has 1 aromatic carbocycles. The van der Waals surface area contributed by atoms with Gasteiger partial charge >= 0.3 is 11.8 Å². The van der Waals surface area contributed by atoms with Gasteiger partial charge in [0.1, 0.15) is 6.61 Å². The number of alkyl carbamates (subject to hydrolysis) is 1. The highest BCUT2D eigenvalue weighted by atomic mass is 16.6. The summed E-state index contributed by atoms with van der Waals surface area (Å²) in [4.78, 5) is 20.6. The molecule has 0 bridgehead atoms. The number of cyclic esters (lactones) is 1. The maximum Gasteiger partial charge on any atom is 0.407 e. The van der Waals surface area contributed by atoms with Crippen LogP contribution in [0.2, 0.25) is 0 Å². The first kappa shape index (κ1) is 11.0. The minimum Gasteiger partial charge on any atom is -0.504 e. The average molecular weight is 240 g/mol. The van der Waals surface area contributed by atoms with Crippen LogP contribution >= 0.6 is 0 Å². The van der Waals surface area contributed by atoms with Gasteiger partial charge in [-0.3, -0.25) is 10.1 Å². The zero-order valence-electron chi connectivity index (χ0n) is 8.41. The normalized spacial score (nSPS) is 18.6. The third kappa shape index (κ3) is 1.92. The second-order valence-corrected chi connectivity index (χ2v) is 3.46. The number of hydrogen-bond acceptors (Lipinski definition) is 6. The third-order valence-electron chi connectivity index (χ3n) is 2.36. The summed E-state index contributed by atoms with van der Waals surface area (Å²) >= 11 is 0. The van der Waals surface area contributed by atoms with Gasteiger partial charge in [-0.05, 0) is 11.6 Å². The van der Waals surface area contributed by atoms with Crippen molar-refractivity contribution in [3.63, 3.8) is 0 Å². The highest BCUT2D eigenvalue weighted by Crippen LogP contribution is 2.38. The van der Waals surface area contributed by atoms with E-state index in [4.69, 9.17) is 0 Å². The predicted molar refractivity (Wildman–Crippen MR) is 53.7 cm³/mol. The van der Waals surface area contributed by atoms with Crippen molar-refractivity contribution >= 4 is 11.8 Å². The molecule has 0 saturated carbocycles. The number of phenols is 2. The van der Waals surface area contributed by atoms with Crippen molar-refractivity contribution in [2.75, 3.05) is 6.61 Å². The van der Waals surface area contributed by atoms with Crippen LogP contribution in [0.3, 0.4) is 0 Å². The minimum absolute atomic E-state index is 0.0141. The summed E-state index contributed by atoms with van der Waals surface area (Å²) in [5.74, 6) is -1.42. The van der Waals surface area contributed by atoms with E-state index >= 15 is 0 Å². The molecule has 0 spiro atoms. The van der Waals surface area contributed by atoms with Crippen molar-refractivity contribution in [2.24, 2.45) is 0 Å². The maximum absolute atomic E-state index is 10.8. The molecule has 1 aliphatic heterocycles. The summed E-state index contributed by atoms with van der Waals surface area (Å²) in [5, 5.41) is 31.7. The molecule has 0 aromatic heterocycles. The zero-order chi connectivity index (χ0) is 12.6. The fraction of sp³-hybridized carbons (Fsp3) is 0.222. The number of nitrogens with zero attached hydrogens (tertiary/aromatic N) is 1. The molecule has 1 saturated heterocycles. The van der Waals surface area contributed by atoms with Gasteiger partial charge in [-0.1, -0.05) is 0 Å². The first-order chi connectivity index (χ1) is 7.99. The Hall–Kier alpha value is -2.51. The number of nitrogens with one attached hydrogen (secondary N) is 1. The summed E-state index contributed by atoms with van der Waals surface area (Å²) < 4.78 is 4.63. The number of rotatable bonds is 2. The number of amides is 1. The van der Waals surface area contributed by atoms with Crippen LogP contribution in [0.15, 0.2) is 12.1 Å². The molecule has 8 heteroatoms. The lowest BCUT2D eigenvalue weighted by Gasteiger charge is -2.09. The summed E-state index contributed by atoms with van der Waals surface area (Å²) in [6, 6.07) is 1.64. The molecule has 0 unspecified atom stereocenters. The van der Waals surface area contributed by atoms with E-state index in [2.05, 4.69) is 10.1 Å². The molecule has 90 valence electrons. The van der Waals surface area contributed by atoms with E-state index in [9.17, 15) is 25.1 Å². The molecular formula is C9H8N2O6. The Morgan fingerprint density at radius 2 is 2.18 bits per heavy atom. The van der Waals surface area contributed by atoms with Crippen molar-refractivity contribution in [1.29, 1.82) is 0 Å². The van der Waals surface area contributed by atoms with Crippen LogP contribution in [0.5, 0.6) is 11.5 Å². The van der Waals surface area contributed by atoms with Gasteiger partial charge in [0, 0.05) is 6.07 Å². The van der Waals surface area contributed by atoms with Crippen LogP contribution in [0, 0.1) is 10.1 Å². The van der Waals surface area contributed by atoms with Gasteiger partial charge in [0.05, 0.1) is 11.0 Å². The summed E-state index contributed by atoms with van der Waals surface area (Å²) in [7, 11) is 0. The molecule has 1 aromatic rings. The molecule has 17 heavy (non-hydrogen) atoms. The van der Waals surface area contributed by atoms with E-state index in [1.165, 1.54) is 0 Å². The molecule has 1 fully saturated rings. The Morgan fingerprint density at radius 1 is 1.47 bits per heavy atom. The molecule has 1 atom stereocenters. The number of nitro benzene ring substituents is 1. The molecule has 8 nitrogen and oxygen atoms in total. The maximum atomic E-state index is 10.8. The molecule has 1 aliphatic rings. The van der Waals surface area contributed by atoms with Crippen molar-refractivity contribution in [2.45, 2.75) is 6.04 Å². The Kier molecular flexibility index (Phi) is 2.47. The third-order valence-corrected chi connectivity index (χ3v) is 2.36. The second-order valence-electron chi connectivity index (χ2n) is 3.46. The van der Waals surface area contributed by atoms with Gasteiger partial charge in [-0.25, -0.2) is 4.79 Å². The van der Waals surface area contributed by atoms with E-state index in [0.717, 1.165) is 12.1 Å². The Labute approximate surface area is 94.6 Å². The van der Waals surface area contributed by atoms with Crippen LogP contribution in [0.4, 0.5) is 10.5 Å². The second kappa shape index (κ2) is 3.81. The van der Waals surface area contributed by atoms with E-state index in [1.54, 1.807) is 0 Å². The van der Waals surface area contributed by atoms with Crippen LogP contribution in [0.1, 0.15) is 11.6 Å². The fourth-order valence-corrected chi connectivity index (χ4v) is 1.53. The number of ether oxygens (including phenoxy) is 1. The quantitative estimate of drug-likeness (QED) is 0.399. The number of phenolic OH excluding ortho intramolecular Hbond substituents is 2. The standard InChI is InChI=1S/C9H8N2O6/c12-7-2-4(5-3-17-9(14)10-5)1-6(8(7)13)11(15)16/h1-2,5,12-13H,3H2,(H,10,14)/t5-/m0/s1. The summed E-state index contributed by atoms with van der Waals surface area (Å²) in [6.45, 7) is 0.0141. The molecule has 0 radical (unpaired) electrons. The lowest BCUT2D eigenvalue weighted by Crippen LogP contribution is -2.18. The topological polar surface area (TPSA) is 122 Å². The largest absolute Gasteiger partial charge is 0.504 e. The smallest absolute Gasteiger partial charge is 0.407 e. The summed E-state index contributed by atoms with van der Waals surface area (Å²) in [6.07, 6.45) is -0.634. The minimum atomic E-state index is -0.823. The number of nitro groups is 1. The summed E-state index contributed by atoms with van der Waals surface area (Å²) in [5.41, 5.74) is -0.334. The lowest BCUT2D eigenvalue weighted by atomic mass is 10.1. The first-order valence-corrected chi connectivity index (χ1v) is 4.62. The van der Waals surface area contributed by atoms with Crippen molar-refractivity contribution < 1.29 is 24.7 Å². The fourth-order valence-electron chi connectivity index (χ4n) is 1.53. The van der Waals surface area contributed by atoms with Crippen molar-refractivity contribution in [1.82, 2.24) is 5.32 Å². The van der Waals surface area contributed by atoms with Gasteiger partial charge in [-0.15, -0.1) is 0 Å². The average Bonchev–Trinajstić information content (AvgIpc) is 2.68. The number of carbonyl (C=O) groups is 1. The van der Waals surface area contributed by atoms with Gasteiger partial charge in [0.2, 0.25) is 5.75 Å². The molecule has 1 amide bonds. The highest BCUT2D eigenvalue weighted by molar-refractivity contribution is 5.70. The Morgan fingerprint density at radius 3 is 2.71 bits per heavy atom. The lowest BCUT2D eigenvalue weighted by molar-refractivity contribution is -0.386. The molecule has 2 rings (SSSR count). The Balaban J connectivity index is 2.42. The van der Waals surface area contributed by atoms with E-state index in [-0.39, 0.29) is 12.2 Å². The van der Waals surface area contributed by atoms with Crippen LogP contribution in [0.25, 0.3) is 0 Å². The number of benzene rings is 1. The van der Waals surface area contributed by atoms with Crippen LogP contribution in [-0.2, 0) is 4.74 Å². The molecular weight excluding hydrogens is 232 g/mol. The van der Waals surface area contributed by atoms with Crippen molar-refractivity contribution in [3.8, 4) is 11.5 Å². The monoisotopic (exact) mass is 240 g/mol. The van der Waals surface area contributed by atoms with Crippen LogP contribution < -0.4 is 5.32 Å². The SMILES string of the molecule is O=C1N[C@H](c2cc(O)c(O)c([N+](=O)[O-])c2)CO1. The van der Waals surface area contributed by atoms with Gasteiger partial charge in [0.25, 0.3) is 0 Å². The molecule has 1 heterocycles. The van der Waals surface area contributed by atoms with Gasteiger partial charge in [-0.2, -0.15) is 0 Å². The zero-order valence-corrected chi connectivity index (χ0v) is 8.41. The van der Waals surface area contributed by atoms with Crippen LogP contribution in [-0.4, -0.2) is 27.8 Å². The highest BCUT2D eigenvalue weighted by Gasteiger charge is 2.28. The number of aromatic hydroxyl groups is 2. The van der Waals surface area contributed by atoms with Gasteiger partial charge in [0.15, 0.2) is 5.75 Å². The number of hydrogen-bond donors (Lipinski definition) is 3. The first-order valence-electron chi connectivity index (χ1n) is 4.62. The van der Waals surface area contributed by atoms with E-state index in [0.29, 0.717) is 0 Å². The van der Waals surface area contributed by atoms with Crippen molar-refractivity contribution in [3.05, 3.63) is 27.8 Å². The van der Waals surface area contributed by atoms with E-state index < -0.39 is 34.2 Å². The van der Waals surface area contributed by atoms with E-state index in [1.807, 2.05) is 0 Å². The molecule has 0 aliphatic carbocycles. The number of carbonyl (C=O) groups excluding carboxylic acids is 1. The predicted octanol–water partition coefficient (Wildman–Crippen LogP) is 0.787. The molecule has 3 N–H and O–H groups in total. The Bertz CT molecular complexity index is 501. The van der Waals surface area contributed by atoms with Gasteiger partial charge < -0.3 is 20.3 Å².